The molecule has 1 fully saturated rings. The molecule has 3 N–H and O–H groups in total. The lowest BCUT2D eigenvalue weighted by atomic mass is 10.0. The van der Waals surface area contributed by atoms with E-state index in [1.54, 1.807) is 0 Å². The number of fused-ring (bicyclic) bond motifs is 1. The monoisotopic (exact) mass is 390 g/mol. The number of hydrogen-bond acceptors (Lipinski definition) is 5. The zero-order valence-electron chi connectivity index (χ0n) is 17.0. The lowest BCUT2D eigenvalue weighted by Crippen LogP contribution is -2.40. The molecule has 1 aliphatic carbocycles. The van der Waals surface area contributed by atoms with Crippen LogP contribution in [0.25, 0.3) is 22.0 Å². The Morgan fingerprint density at radius 1 is 1.10 bits per heavy atom. The van der Waals surface area contributed by atoms with Crippen LogP contribution in [0.4, 0.5) is 5.95 Å². The van der Waals surface area contributed by atoms with Gasteiger partial charge in [0.1, 0.15) is 0 Å². The zero-order chi connectivity index (χ0) is 20.6. The minimum absolute atomic E-state index is 0.0813. The number of nitrogens with zero attached hydrogens (tertiary/aromatic N) is 2. The summed E-state index contributed by atoms with van der Waals surface area (Å²) in [6, 6.07) is 13.5. The smallest absolute Gasteiger partial charge is 0.251 e. The normalized spacial score (nSPS) is 14.0. The van der Waals surface area contributed by atoms with E-state index in [1.807, 2.05) is 63.2 Å². The van der Waals surface area contributed by atoms with Crippen molar-refractivity contribution in [3.63, 3.8) is 0 Å². The number of ether oxygens (including phenoxy) is 1. The van der Waals surface area contributed by atoms with Gasteiger partial charge in [0.25, 0.3) is 5.91 Å². The number of carbonyl (C=O) groups excluding carboxylic acids is 1. The van der Waals surface area contributed by atoms with E-state index >= 15 is 0 Å². The molecule has 29 heavy (non-hydrogen) atoms. The van der Waals surface area contributed by atoms with Crippen LogP contribution in [-0.2, 0) is 0 Å². The van der Waals surface area contributed by atoms with Crippen molar-refractivity contribution < 1.29 is 9.53 Å². The van der Waals surface area contributed by atoms with Crippen LogP contribution in [0.5, 0.6) is 5.88 Å². The first-order chi connectivity index (χ1) is 13.8. The molecule has 0 bridgehead atoms. The molecule has 1 aromatic heterocycles. The minimum Gasteiger partial charge on any atom is -0.477 e. The Hall–Kier alpha value is -3.15. The quantitative estimate of drug-likeness (QED) is 0.681. The Balaban J connectivity index is 1.62. The summed E-state index contributed by atoms with van der Waals surface area (Å²) < 4.78 is 5.93. The van der Waals surface area contributed by atoms with Crippen molar-refractivity contribution in [2.75, 3.05) is 12.3 Å². The van der Waals surface area contributed by atoms with Crippen LogP contribution < -0.4 is 15.8 Å². The molecule has 2 aromatic carbocycles. The molecule has 1 amide bonds. The third-order valence-corrected chi connectivity index (χ3v) is 4.80. The summed E-state index contributed by atoms with van der Waals surface area (Å²) in [5, 5.41) is 3.82. The highest BCUT2D eigenvalue weighted by Crippen LogP contribution is 2.33. The summed E-state index contributed by atoms with van der Waals surface area (Å²) in [4.78, 5) is 21.0. The summed E-state index contributed by atoms with van der Waals surface area (Å²) in [5.41, 5.74) is 8.97. The summed E-state index contributed by atoms with van der Waals surface area (Å²) in [6.45, 7) is 6.55. The molecule has 0 unspecified atom stereocenters. The van der Waals surface area contributed by atoms with E-state index in [0.717, 1.165) is 22.0 Å². The van der Waals surface area contributed by atoms with Crippen molar-refractivity contribution >= 4 is 22.8 Å². The van der Waals surface area contributed by atoms with E-state index in [9.17, 15) is 4.79 Å². The molecule has 0 radical (unpaired) electrons. The van der Waals surface area contributed by atoms with Crippen LogP contribution in [0.1, 0.15) is 44.0 Å². The largest absolute Gasteiger partial charge is 0.477 e. The molecule has 0 atom stereocenters. The molecule has 6 nitrogen and oxygen atoms in total. The Bertz CT molecular complexity index is 1050. The Kier molecular flexibility index (Phi) is 4.86. The number of carbonyl (C=O) groups is 1. The first kappa shape index (κ1) is 19.2. The number of rotatable bonds is 5. The molecule has 3 aromatic rings. The molecule has 0 aliphatic heterocycles. The third-order valence-electron chi connectivity index (χ3n) is 4.80. The van der Waals surface area contributed by atoms with E-state index in [0.29, 0.717) is 24.0 Å². The standard InChI is InChI=1S/C23H26N4O2/c1-23(2,3)27-20(28)16-8-6-15(7-9-16)17-10-11-19-18(12-17)21(26-22(24)25-19)29-13-14-4-5-14/h6-12,14H,4-5,13H2,1-3H3,(H,27,28)(H2,24,25,26). The number of amides is 1. The Morgan fingerprint density at radius 3 is 2.45 bits per heavy atom. The van der Waals surface area contributed by atoms with Gasteiger partial charge in [-0.15, -0.1) is 0 Å². The maximum atomic E-state index is 12.3. The molecular formula is C23H26N4O2. The van der Waals surface area contributed by atoms with E-state index in [-0.39, 0.29) is 17.4 Å². The number of benzene rings is 2. The maximum absolute atomic E-state index is 12.3. The van der Waals surface area contributed by atoms with Gasteiger partial charge in [-0.25, -0.2) is 4.98 Å². The van der Waals surface area contributed by atoms with Crippen molar-refractivity contribution in [2.24, 2.45) is 5.92 Å². The number of nitrogens with two attached hydrogens (primary N) is 1. The van der Waals surface area contributed by atoms with Gasteiger partial charge in [0, 0.05) is 11.1 Å². The van der Waals surface area contributed by atoms with E-state index < -0.39 is 0 Å². The maximum Gasteiger partial charge on any atom is 0.251 e. The summed E-state index contributed by atoms with van der Waals surface area (Å²) in [7, 11) is 0. The fourth-order valence-corrected chi connectivity index (χ4v) is 3.12. The summed E-state index contributed by atoms with van der Waals surface area (Å²) in [6.07, 6.45) is 2.41. The van der Waals surface area contributed by atoms with Gasteiger partial charge in [-0.05, 0) is 74.9 Å². The van der Waals surface area contributed by atoms with Crippen LogP contribution in [-0.4, -0.2) is 28.0 Å². The highest BCUT2D eigenvalue weighted by molar-refractivity contribution is 5.95. The third kappa shape index (κ3) is 4.65. The highest BCUT2D eigenvalue weighted by Gasteiger charge is 2.23. The zero-order valence-corrected chi connectivity index (χ0v) is 17.0. The van der Waals surface area contributed by atoms with Crippen LogP contribution in [0.3, 0.4) is 0 Å². The number of hydrogen-bond donors (Lipinski definition) is 2. The second kappa shape index (κ2) is 7.35. The van der Waals surface area contributed by atoms with Crippen molar-refractivity contribution in [2.45, 2.75) is 39.2 Å². The molecule has 1 aliphatic rings. The Labute approximate surface area is 170 Å². The first-order valence-corrected chi connectivity index (χ1v) is 9.91. The van der Waals surface area contributed by atoms with Gasteiger partial charge < -0.3 is 15.8 Å². The lowest BCUT2D eigenvalue weighted by molar-refractivity contribution is 0.0919. The topological polar surface area (TPSA) is 90.1 Å². The molecule has 0 spiro atoms. The Morgan fingerprint density at radius 2 is 1.79 bits per heavy atom. The number of nitrogen functional groups attached to an aromatic ring is 1. The second-order valence-electron chi connectivity index (χ2n) is 8.65. The van der Waals surface area contributed by atoms with Gasteiger partial charge in [0.05, 0.1) is 17.5 Å². The average molecular weight is 390 g/mol. The molecule has 1 saturated carbocycles. The van der Waals surface area contributed by atoms with Crippen molar-refractivity contribution in [3.05, 3.63) is 48.0 Å². The van der Waals surface area contributed by atoms with Gasteiger partial charge in [-0.1, -0.05) is 18.2 Å². The molecule has 4 rings (SSSR count). The fourth-order valence-electron chi connectivity index (χ4n) is 3.12. The van der Waals surface area contributed by atoms with Gasteiger partial charge >= 0.3 is 0 Å². The number of aromatic nitrogens is 2. The molecule has 150 valence electrons. The van der Waals surface area contributed by atoms with Crippen molar-refractivity contribution in [3.8, 4) is 17.0 Å². The van der Waals surface area contributed by atoms with E-state index in [1.165, 1.54) is 12.8 Å². The molecule has 6 heteroatoms. The van der Waals surface area contributed by atoms with Crippen LogP contribution in [0.15, 0.2) is 42.5 Å². The molecule has 0 saturated heterocycles. The van der Waals surface area contributed by atoms with Gasteiger partial charge in [-0.2, -0.15) is 4.98 Å². The SMILES string of the molecule is CC(C)(C)NC(=O)c1ccc(-c2ccc3nc(N)nc(OCC4CC4)c3c2)cc1. The number of anilines is 1. The van der Waals surface area contributed by atoms with Crippen LogP contribution in [0.2, 0.25) is 0 Å². The highest BCUT2D eigenvalue weighted by atomic mass is 16.5. The van der Waals surface area contributed by atoms with E-state index in [4.69, 9.17) is 10.5 Å². The van der Waals surface area contributed by atoms with Crippen LogP contribution in [0, 0.1) is 5.92 Å². The lowest BCUT2D eigenvalue weighted by Gasteiger charge is -2.20. The first-order valence-electron chi connectivity index (χ1n) is 9.91. The van der Waals surface area contributed by atoms with Crippen LogP contribution >= 0.6 is 0 Å². The predicted molar refractivity (Wildman–Crippen MR) is 115 cm³/mol. The van der Waals surface area contributed by atoms with Gasteiger partial charge in [0.2, 0.25) is 11.8 Å². The molecule has 1 heterocycles. The van der Waals surface area contributed by atoms with E-state index in [2.05, 4.69) is 15.3 Å². The van der Waals surface area contributed by atoms with Crippen molar-refractivity contribution in [1.29, 1.82) is 0 Å². The second-order valence-corrected chi connectivity index (χ2v) is 8.65. The predicted octanol–water partition coefficient (Wildman–Crippen LogP) is 4.20. The van der Waals surface area contributed by atoms with Gasteiger partial charge in [0.15, 0.2) is 0 Å². The summed E-state index contributed by atoms with van der Waals surface area (Å²) >= 11 is 0. The molecular weight excluding hydrogens is 364 g/mol. The van der Waals surface area contributed by atoms with Gasteiger partial charge in [-0.3, -0.25) is 4.79 Å². The summed E-state index contributed by atoms with van der Waals surface area (Å²) in [5.74, 6) is 1.28. The van der Waals surface area contributed by atoms with Crippen molar-refractivity contribution in [1.82, 2.24) is 15.3 Å². The fraction of sp³-hybridized carbons (Fsp3) is 0.348. The minimum atomic E-state index is -0.271. The average Bonchev–Trinajstić information content (AvgIpc) is 3.49. The number of nitrogens with one attached hydrogen (secondary N) is 1.